The van der Waals surface area contributed by atoms with Crippen LogP contribution in [0, 0.1) is 0 Å². The molecule has 1 aromatic heterocycles. The second-order valence-corrected chi connectivity index (χ2v) is 15.3. The van der Waals surface area contributed by atoms with E-state index in [1.807, 2.05) is 0 Å². The van der Waals surface area contributed by atoms with Gasteiger partial charge in [-0.1, -0.05) is 158 Å². The Kier molecular flexibility index (Phi) is 6.88. The first kappa shape index (κ1) is 31.9. The van der Waals surface area contributed by atoms with Gasteiger partial charge in [0.05, 0.1) is 16.4 Å². The van der Waals surface area contributed by atoms with Crippen LogP contribution in [0.25, 0.3) is 60.9 Å². The quantitative estimate of drug-likeness (QED) is 0.172. The van der Waals surface area contributed by atoms with Crippen molar-refractivity contribution in [2.75, 3.05) is 4.90 Å². The van der Waals surface area contributed by atoms with Gasteiger partial charge >= 0.3 is 0 Å². The molecule has 1 spiro atoms. The van der Waals surface area contributed by atoms with Gasteiger partial charge in [0.2, 0.25) is 0 Å². The fraction of sp³-hybridized carbons (Fsp3) is 0.0182. The lowest BCUT2D eigenvalue weighted by atomic mass is 9.70. The fourth-order valence-corrected chi connectivity index (χ4v) is 10.1. The summed E-state index contributed by atoms with van der Waals surface area (Å²) in [5.41, 5.74) is 19.4. The molecule has 0 atom stereocenters. The van der Waals surface area contributed by atoms with Gasteiger partial charge in [0.1, 0.15) is 0 Å². The van der Waals surface area contributed by atoms with Crippen LogP contribution in [0.15, 0.2) is 218 Å². The molecule has 0 amide bonds. The number of nitrogens with zero attached hydrogens (tertiary/aromatic N) is 2. The molecule has 0 saturated heterocycles. The fourth-order valence-electron chi connectivity index (χ4n) is 10.1. The van der Waals surface area contributed by atoms with E-state index in [1.165, 1.54) is 77.4 Å². The van der Waals surface area contributed by atoms with Crippen LogP contribution >= 0.6 is 0 Å². The van der Waals surface area contributed by atoms with Gasteiger partial charge in [-0.2, -0.15) is 0 Å². The van der Waals surface area contributed by atoms with E-state index in [2.05, 4.69) is 228 Å². The van der Waals surface area contributed by atoms with Crippen LogP contribution in [0.1, 0.15) is 22.3 Å². The zero-order valence-corrected chi connectivity index (χ0v) is 31.2. The second-order valence-electron chi connectivity index (χ2n) is 15.3. The lowest BCUT2D eigenvalue weighted by Crippen LogP contribution is -2.26. The zero-order chi connectivity index (χ0) is 37.5. The molecule has 57 heavy (non-hydrogen) atoms. The second kappa shape index (κ2) is 12.3. The minimum atomic E-state index is -0.424. The standard InChI is InChI=1S/C55H36N2/c1-2-15-37(16-3-1)38-17-14-18-41(35-38)56(39-29-31-40(32-30-39)57-53-27-12-7-22-47(53)48-23-8-13-28-54(48)57)42-33-34-46-45-21-6-11-26-51(45)55(52(46)36-42)49-24-9-4-19-43(49)44-20-5-10-25-50(44)55/h1-36H. The van der Waals surface area contributed by atoms with Crippen LogP contribution in [0.3, 0.4) is 0 Å². The molecule has 0 saturated carbocycles. The van der Waals surface area contributed by atoms with Crippen LogP contribution < -0.4 is 4.90 Å². The molecule has 10 aromatic rings. The van der Waals surface area contributed by atoms with Crippen LogP contribution in [-0.4, -0.2) is 4.57 Å². The third-order valence-corrected chi connectivity index (χ3v) is 12.4. The summed E-state index contributed by atoms with van der Waals surface area (Å²) >= 11 is 0. The molecule has 2 aliphatic carbocycles. The maximum Gasteiger partial charge on any atom is 0.0726 e. The third kappa shape index (κ3) is 4.53. The molecule has 2 heteroatoms. The predicted octanol–water partition coefficient (Wildman–Crippen LogP) is 14.3. The number of hydrogen-bond donors (Lipinski definition) is 0. The molecular formula is C55H36N2. The van der Waals surface area contributed by atoms with Gasteiger partial charge in [-0.15, -0.1) is 0 Å². The molecule has 0 N–H and O–H groups in total. The average Bonchev–Trinajstić information content (AvgIpc) is 3.89. The lowest BCUT2D eigenvalue weighted by molar-refractivity contribution is 0.793. The van der Waals surface area contributed by atoms with Crippen LogP contribution in [0.2, 0.25) is 0 Å². The molecule has 12 rings (SSSR count). The Bertz CT molecular complexity index is 3070. The van der Waals surface area contributed by atoms with E-state index in [0.717, 1.165) is 22.7 Å². The van der Waals surface area contributed by atoms with E-state index >= 15 is 0 Å². The minimum absolute atomic E-state index is 0.424. The molecular weight excluding hydrogens is 689 g/mol. The summed E-state index contributed by atoms with van der Waals surface area (Å²) < 4.78 is 2.39. The number of hydrogen-bond acceptors (Lipinski definition) is 1. The third-order valence-electron chi connectivity index (χ3n) is 12.4. The number of anilines is 3. The zero-order valence-electron chi connectivity index (χ0n) is 31.2. The molecule has 0 aliphatic heterocycles. The van der Waals surface area contributed by atoms with E-state index in [9.17, 15) is 0 Å². The van der Waals surface area contributed by atoms with Gasteiger partial charge in [0.25, 0.3) is 0 Å². The Balaban J connectivity index is 1.08. The van der Waals surface area contributed by atoms with Gasteiger partial charge in [-0.3, -0.25) is 0 Å². The van der Waals surface area contributed by atoms with E-state index in [-0.39, 0.29) is 0 Å². The van der Waals surface area contributed by atoms with Crippen LogP contribution in [-0.2, 0) is 5.41 Å². The first-order valence-corrected chi connectivity index (χ1v) is 19.8. The van der Waals surface area contributed by atoms with E-state index in [0.29, 0.717) is 0 Å². The summed E-state index contributed by atoms with van der Waals surface area (Å²) in [6.45, 7) is 0. The largest absolute Gasteiger partial charge is 0.310 e. The smallest absolute Gasteiger partial charge is 0.0726 e. The molecule has 0 bridgehead atoms. The summed E-state index contributed by atoms with van der Waals surface area (Å²) in [6, 6.07) is 80.5. The number of benzene rings is 9. The molecule has 0 unspecified atom stereocenters. The highest BCUT2D eigenvalue weighted by Crippen LogP contribution is 2.63. The van der Waals surface area contributed by atoms with E-state index in [4.69, 9.17) is 0 Å². The molecule has 0 radical (unpaired) electrons. The van der Waals surface area contributed by atoms with E-state index in [1.54, 1.807) is 0 Å². The van der Waals surface area contributed by atoms with Crippen molar-refractivity contribution >= 4 is 38.9 Å². The van der Waals surface area contributed by atoms with Crippen LogP contribution in [0.5, 0.6) is 0 Å². The highest BCUT2D eigenvalue weighted by Gasteiger charge is 2.51. The number of fused-ring (bicyclic) bond motifs is 13. The first-order chi connectivity index (χ1) is 28.3. The Labute approximate surface area is 332 Å². The van der Waals surface area contributed by atoms with Crippen molar-refractivity contribution in [2.24, 2.45) is 0 Å². The Morgan fingerprint density at radius 2 is 0.789 bits per heavy atom. The Morgan fingerprint density at radius 1 is 0.316 bits per heavy atom. The molecule has 1 heterocycles. The summed E-state index contributed by atoms with van der Waals surface area (Å²) in [4.78, 5) is 2.44. The number of rotatable bonds is 5. The normalized spacial score (nSPS) is 13.1. The number of para-hydroxylation sites is 2. The summed E-state index contributed by atoms with van der Waals surface area (Å²) in [5, 5.41) is 2.53. The van der Waals surface area contributed by atoms with Crippen molar-refractivity contribution in [3.63, 3.8) is 0 Å². The Morgan fingerprint density at radius 3 is 1.40 bits per heavy atom. The maximum atomic E-state index is 2.48. The van der Waals surface area contributed by atoms with Crippen molar-refractivity contribution in [1.82, 2.24) is 4.57 Å². The first-order valence-electron chi connectivity index (χ1n) is 19.8. The molecule has 2 nitrogen and oxygen atoms in total. The van der Waals surface area contributed by atoms with Crippen molar-refractivity contribution in [3.8, 4) is 39.1 Å². The highest BCUT2D eigenvalue weighted by molar-refractivity contribution is 6.09. The van der Waals surface area contributed by atoms with Crippen molar-refractivity contribution in [2.45, 2.75) is 5.41 Å². The SMILES string of the molecule is c1ccc(-c2cccc(N(c3ccc(-n4c5ccccc5c5ccccc54)cc3)c3ccc4c(c3)C3(c5ccccc5-c5ccccc53)c3ccccc3-4)c2)cc1. The van der Waals surface area contributed by atoms with Gasteiger partial charge in [-0.05, 0) is 116 Å². The maximum absolute atomic E-state index is 2.48. The molecule has 9 aromatic carbocycles. The molecule has 266 valence electrons. The van der Waals surface area contributed by atoms with Crippen molar-refractivity contribution in [3.05, 3.63) is 241 Å². The van der Waals surface area contributed by atoms with Gasteiger partial charge in [-0.25, -0.2) is 0 Å². The topological polar surface area (TPSA) is 8.17 Å². The highest BCUT2D eigenvalue weighted by atomic mass is 15.1. The minimum Gasteiger partial charge on any atom is -0.310 e. The summed E-state index contributed by atoms with van der Waals surface area (Å²) in [5.74, 6) is 0. The van der Waals surface area contributed by atoms with Gasteiger partial charge < -0.3 is 9.47 Å². The number of aromatic nitrogens is 1. The average molecular weight is 725 g/mol. The predicted molar refractivity (Wildman–Crippen MR) is 237 cm³/mol. The van der Waals surface area contributed by atoms with Crippen molar-refractivity contribution < 1.29 is 0 Å². The lowest BCUT2D eigenvalue weighted by Gasteiger charge is -2.32. The monoisotopic (exact) mass is 724 g/mol. The van der Waals surface area contributed by atoms with Crippen molar-refractivity contribution in [1.29, 1.82) is 0 Å². The molecule has 2 aliphatic rings. The van der Waals surface area contributed by atoms with Gasteiger partial charge in [0.15, 0.2) is 0 Å². The van der Waals surface area contributed by atoms with E-state index < -0.39 is 5.41 Å². The van der Waals surface area contributed by atoms with Gasteiger partial charge in [0, 0.05) is 33.5 Å². The summed E-state index contributed by atoms with van der Waals surface area (Å²) in [7, 11) is 0. The molecule has 0 fully saturated rings. The Hall–Kier alpha value is -7.42. The summed E-state index contributed by atoms with van der Waals surface area (Å²) in [6.07, 6.45) is 0. The van der Waals surface area contributed by atoms with Crippen LogP contribution in [0.4, 0.5) is 17.1 Å².